The maximum absolute atomic E-state index is 13.7. The van der Waals surface area contributed by atoms with Crippen molar-refractivity contribution in [2.24, 2.45) is 5.92 Å². The lowest BCUT2D eigenvalue weighted by Gasteiger charge is -2.30. The molecule has 0 saturated carbocycles. The molecule has 0 radical (unpaired) electrons. The van der Waals surface area contributed by atoms with Crippen molar-refractivity contribution in [3.63, 3.8) is 0 Å². The van der Waals surface area contributed by atoms with Crippen LogP contribution in [0.2, 0.25) is 0 Å². The lowest BCUT2D eigenvalue weighted by molar-refractivity contribution is -0.148. The van der Waals surface area contributed by atoms with Crippen LogP contribution in [0.25, 0.3) is 0 Å². The highest BCUT2D eigenvalue weighted by Gasteiger charge is 2.44. The molecule has 5 nitrogen and oxygen atoms in total. The van der Waals surface area contributed by atoms with Crippen LogP contribution in [0.1, 0.15) is 41.0 Å². The van der Waals surface area contributed by atoms with E-state index >= 15 is 0 Å². The minimum absolute atomic E-state index is 0.637. The van der Waals surface area contributed by atoms with E-state index in [2.05, 4.69) is 0 Å². The van der Waals surface area contributed by atoms with E-state index in [9.17, 15) is 18.4 Å². The van der Waals surface area contributed by atoms with Crippen molar-refractivity contribution in [3.05, 3.63) is 0 Å². The van der Waals surface area contributed by atoms with Gasteiger partial charge in [-0.3, -0.25) is 4.79 Å². The van der Waals surface area contributed by atoms with Crippen LogP contribution in [0, 0.1) is 5.92 Å². The van der Waals surface area contributed by atoms with E-state index < -0.39 is 42.0 Å². The number of alkyl halides is 2. The Morgan fingerprint density at radius 2 is 1.74 bits per heavy atom. The predicted molar refractivity (Wildman–Crippen MR) is 65.2 cm³/mol. The van der Waals surface area contributed by atoms with Gasteiger partial charge in [0.05, 0.1) is 6.04 Å². The number of hydrogen-bond acceptors (Lipinski definition) is 3. The first-order valence-electron chi connectivity index (χ1n) is 5.94. The first kappa shape index (κ1) is 17.6. The van der Waals surface area contributed by atoms with Crippen LogP contribution in [-0.4, -0.2) is 34.7 Å². The second kappa shape index (κ2) is 6.16. The first-order valence-corrected chi connectivity index (χ1v) is 5.94. The van der Waals surface area contributed by atoms with Gasteiger partial charge in [-0.05, 0) is 26.7 Å². The minimum Gasteiger partial charge on any atom is -0.481 e. The number of aliphatic carboxylic acids is 1. The first-order chi connectivity index (χ1) is 8.35. The maximum Gasteiger partial charge on any atom is 0.408 e. The van der Waals surface area contributed by atoms with Crippen molar-refractivity contribution < 1.29 is 28.2 Å². The fourth-order valence-corrected chi connectivity index (χ4v) is 1.51. The lowest BCUT2D eigenvalue weighted by atomic mass is 9.95. The highest BCUT2D eigenvalue weighted by atomic mass is 19.3. The predicted octanol–water partition coefficient (Wildman–Crippen LogP) is 2.65. The van der Waals surface area contributed by atoms with Gasteiger partial charge < -0.3 is 15.2 Å². The summed E-state index contributed by atoms with van der Waals surface area (Å²) in [6, 6.07) is -1.60. The molecule has 1 atom stereocenters. The minimum atomic E-state index is -3.54. The quantitative estimate of drug-likeness (QED) is 0.812. The topological polar surface area (TPSA) is 75.6 Å². The molecule has 0 fully saturated rings. The molecule has 0 aromatic carbocycles. The van der Waals surface area contributed by atoms with Gasteiger partial charge >= 0.3 is 12.1 Å². The molecule has 19 heavy (non-hydrogen) atoms. The van der Waals surface area contributed by atoms with Gasteiger partial charge in [-0.1, -0.05) is 13.8 Å². The molecule has 0 saturated heterocycles. The molecule has 112 valence electrons. The van der Waals surface area contributed by atoms with Gasteiger partial charge in [-0.25, -0.2) is 13.6 Å². The summed E-state index contributed by atoms with van der Waals surface area (Å²) in [7, 11) is 0. The summed E-state index contributed by atoms with van der Waals surface area (Å²) in [5.41, 5.74) is -0.812. The zero-order valence-corrected chi connectivity index (χ0v) is 11.8. The molecule has 0 heterocycles. The molecule has 0 rings (SSSR count). The molecule has 7 heteroatoms. The van der Waals surface area contributed by atoms with Gasteiger partial charge in [-0.2, -0.15) is 0 Å². The number of ether oxygens (including phenoxy) is 1. The van der Waals surface area contributed by atoms with Crippen LogP contribution >= 0.6 is 0 Å². The Kier molecular flexibility index (Phi) is 5.71. The summed E-state index contributed by atoms with van der Waals surface area (Å²) >= 11 is 0. The third-order valence-electron chi connectivity index (χ3n) is 2.18. The number of alkyl carbamates (subject to hydrolysis) is 1. The second-order valence-corrected chi connectivity index (χ2v) is 5.70. The van der Waals surface area contributed by atoms with E-state index in [0.717, 1.165) is 0 Å². The van der Waals surface area contributed by atoms with Crippen LogP contribution in [-0.2, 0) is 9.53 Å². The molecule has 0 aliphatic carbocycles. The summed E-state index contributed by atoms with van der Waals surface area (Å²) < 4.78 is 32.4. The van der Waals surface area contributed by atoms with Crippen molar-refractivity contribution >= 4 is 12.1 Å². The number of carboxylic acids is 1. The van der Waals surface area contributed by atoms with Crippen LogP contribution in [0.3, 0.4) is 0 Å². The molecular weight excluding hydrogens is 260 g/mol. The summed E-state index contributed by atoms with van der Waals surface area (Å²) in [5.74, 6) is -5.81. The van der Waals surface area contributed by atoms with E-state index in [1.54, 1.807) is 20.8 Å². The normalized spacial score (nSPS) is 14.1. The van der Waals surface area contributed by atoms with Crippen molar-refractivity contribution in [2.45, 2.75) is 58.6 Å². The third kappa shape index (κ3) is 6.93. The molecule has 0 bridgehead atoms. The van der Waals surface area contributed by atoms with Crippen LogP contribution in [0.4, 0.5) is 13.6 Å². The number of amides is 1. The number of nitrogens with one attached hydrogen (secondary N) is 1. The SMILES string of the molecule is CC(C)C(NC(=O)OC(C)(C)C)C(F)(F)CC(=O)O. The number of halogens is 2. The summed E-state index contributed by atoms with van der Waals surface area (Å²) in [6.45, 7) is 7.75. The largest absolute Gasteiger partial charge is 0.481 e. The van der Waals surface area contributed by atoms with Crippen molar-refractivity contribution in [1.82, 2.24) is 5.32 Å². The lowest BCUT2D eigenvalue weighted by Crippen LogP contribution is -2.52. The van der Waals surface area contributed by atoms with Gasteiger partial charge in [0.2, 0.25) is 0 Å². The summed E-state index contributed by atoms with van der Waals surface area (Å²) in [6.07, 6.45) is -2.33. The second-order valence-electron chi connectivity index (χ2n) is 5.70. The average molecular weight is 281 g/mol. The number of carboxylic acid groups (broad SMARTS) is 1. The van der Waals surface area contributed by atoms with Gasteiger partial charge in [0.25, 0.3) is 5.92 Å². The zero-order chi connectivity index (χ0) is 15.4. The Bertz CT molecular complexity index is 337. The Morgan fingerprint density at radius 3 is 2.05 bits per heavy atom. The third-order valence-corrected chi connectivity index (χ3v) is 2.18. The maximum atomic E-state index is 13.7. The van der Waals surface area contributed by atoms with E-state index in [0.29, 0.717) is 0 Å². The molecule has 0 aromatic rings. The van der Waals surface area contributed by atoms with Crippen LogP contribution < -0.4 is 5.32 Å². The summed E-state index contributed by atoms with van der Waals surface area (Å²) in [4.78, 5) is 21.9. The highest BCUT2D eigenvalue weighted by molar-refractivity contribution is 5.70. The number of rotatable bonds is 5. The van der Waals surface area contributed by atoms with E-state index in [-0.39, 0.29) is 0 Å². The van der Waals surface area contributed by atoms with Crippen molar-refractivity contribution in [2.75, 3.05) is 0 Å². The molecule has 1 unspecified atom stereocenters. The number of hydrogen-bond donors (Lipinski definition) is 2. The van der Waals surface area contributed by atoms with Gasteiger partial charge in [0.1, 0.15) is 12.0 Å². The fourth-order valence-electron chi connectivity index (χ4n) is 1.51. The Morgan fingerprint density at radius 1 is 1.26 bits per heavy atom. The van der Waals surface area contributed by atoms with E-state index in [1.807, 2.05) is 5.32 Å². The zero-order valence-electron chi connectivity index (χ0n) is 11.8. The average Bonchev–Trinajstić information content (AvgIpc) is 2.08. The highest BCUT2D eigenvalue weighted by Crippen LogP contribution is 2.28. The molecule has 0 aliphatic heterocycles. The molecule has 0 spiro atoms. The Labute approximate surface area is 111 Å². The van der Waals surface area contributed by atoms with Gasteiger partial charge in [-0.15, -0.1) is 0 Å². The van der Waals surface area contributed by atoms with Gasteiger partial charge in [0, 0.05) is 0 Å². The molecular formula is C12H21F2NO4. The van der Waals surface area contributed by atoms with Crippen molar-refractivity contribution in [3.8, 4) is 0 Å². The standard InChI is InChI=1S/C12H21F2NO4/c1-7(2)9(12(13,14)6-8(16)17)15-10(18)19-11(3,4)5/h7,9H,6H2,1-5H3,(H,15,18)(H,16,17). The van der Waals surface area contributed by atoms with E-state index in [4.69, 9.17) is 9.84 Å². The molecule has 0 aliphatic rings. The van der Waals surface area contributed by atoms with Crippen LogP contribution in [0.15, 0.2) is 0 Å². The fraction of sp³-hybridized carbons (Fsp3) is 0.833. The number of carbonyl (C=O) groups is 2. The monoisotopic (exact) mass is 281 g/mol. The van der Waals surface area contributed by atoms with Crippen molar-refractivity contribution in [1.29, 1.82) is 0 Å². The molecule has 0 aromatic heterocycles. The Balaban J connectivity index is 4.84. The summed E-state index contributed by atoms with van der Waals surface area (Å²) in [5, 5.41) is 10.5. The van der Waals surface area contributed by atoms with E-state index in [1.165, 1.54) is 13.8 Å². The van der Waals surface area contributed by atoms with Crippen LogP contribution in [0.5, 0.6) is 0 Å². The molecule has 1 amide bonds. The molecule has 2 N–H and O–H groups in total. The Hall–Kier alpha value is -1.40. The number of carbonyl (C=O) groups excluding carboxylic acids is 1. The van der Waals surface area contributed by atoms with Gasteiger partial charge in [0.15, 0.2) is 0 Å². The smallest absolute Gasteiger partial charge is 0.408 e.